The molecular formula is C13H18Si. The molecule has 74 valence electrons. The van der Waals surface area contributed by atoms with Crippen molar-refractivity contribution in [3.63, 3.8) is 0 Å². The molecule has 1 aromatic rings. The van der Waals surface area contributed by atoms with E-state index in [1.165, 1.54) is 18.0 Å². The summed E-state index contributed by atoms with van der Waals surface area (Å²) in [5.41, 5.74) is 4.82. The maximum Gasteiger partial charge on any atom is 0.132 e. The quantitative estimate of drug-likeness (QED) is 0.520. The van der Waals surface area contributed by atoms with Crippen molar-refractivity contribution in [3.8, 4) is 11.5 Å². The monoisotopic (exact) mass is 202 g/mol. The SMILES string of the molecule is CC#C[Si](C)(C)CCc1ccccc1. The smallest absolute Gasteiger partial charge is 0.132 e. The molecule has 0 aliphatic heterocycles. The molecule has 0 heterocycles. The Morgan fingerprint density at radius 1 is 1.14 bits per heavy atom. The van der Waals surface area contributed by atoms with Gasteiger partial charge in [0.25, 0.3) is 0 Å². The predicted molar refractivity (Wildman–Crippen MR) is 65.9 cm³/mol. The highest BCUT2D eigenvalue weighted by atomic mass is 28.3. The van der Waals surface area contributed by atoms with Crippen molar-refractivity contribution in [2.24, 2.45) is 0 Å². The lowest BCUT2D eigenvalue weighted by Gasteiger charge is -2.14. The standard InChI is InChI=1S/C13H18Si/c1-4-11-14(2,3)12-10-13-8-6-5-7-9-13/h5-9H,10,12H2,1-3H3. The summed E-state index contributed by atoms with van der Waals surface area (Å²) in [4.78, 5) is 0. The second-order valence-corrected chi connectivity index (χ2v) is 8.76. The van der Waals surface area contributed by atoms with Crippen molar-refractivity contribution < 1.29 is 0 Å². The van der Waals surface area contributed by atoms with E-state index >= 15 is 0 Å². The fourth-order valence-corrected chi connectivity index (χ4v) is 3.22. The Kier molecular flexibility index (Phi) is 3.97. The van der Waals surface area contributed by atoms with E-state index < -0.39 is 8.07 Å². The van der Waals surface area contributed by atoms with Crippen LogP contribution >= 0.6 is 0 Å². The van der Waals surface area contributed by atoms with Gasteiger partial charge in [0.2, 0.25) is 0 Å². The van der Waals surface area contributed by atoms with Crippen molar-refractivity contribution in [2.75, 3.05) is 0 Å². The first-order chi connectivity index (χ1) is 6.64. The summed E-state index contributed by atoms with van der Waals surface area (Å²) in [7, 11) is -1.25. The Hall–Kier alpha value is -1.00. The largest absolute Gasteiger partial charge is 0.132 e. The van der Waals surface area contributed by atoms with Gasteiger partial charge < -0.3 is 0 Å². The van der Waals surface area contributed by atoms with E-state index in [-0.39, 0.29) is 0 Å². The molecule has 0 aliphatic rings. The van der Waals surface area contributed by atoms with Gasteiger partial charge >= 0.3 is 0 Å². The molecule has 0 nitrogen and oxygen atoms in total. The lowest BCUT2D eigenvalue weighted by Crippen LogP contribution is -2.23. The number of aryl methyl sites for hydroxylation is 1. The van der Waals surface area contributed by atoms with Crippen LogP contribution in [0.4, 0.5) is 0 Å². The minimum atomic E-state index is -1.25. The van der Waals surface area contributed by atoms with E-state index in [4.69, 9.17) is 0 Å². The molecule has 0 radical (unpaired) electrons. The van der Waals surface area contributed by atoms with Crippen LogP contribution in [-0.2, 0) is 6.42 Å². The highest BCUT2D eigenvalue weighted by Gasteiger charge is 2.16. The van der Waals surface area contributed by atoms with Gasteiger partial charge in [0, 0.05) is 0 Å². The van der Waals surface area contributed by atoms with Crippen molar-refractivity contribution in [1.29, 1.82) is 0 Å². The maximum atomic E-state index is 3.38. The van der Waals surface area contributed by atoms with Crippen molar-refractivity contribution in [1.82, 2.24) is 0 Å². The van der Waals surface area contributed by atoms with Crippen molar-refractivity contribution in [2.45, 2.75) is 32.5 Å². The van der Waals surface area contributed by atoms with Crippen LogP contribution in [0, 0.1) is 11.5 Å². The van der Waals surface area contributed by atoms with E-state index in [0.29, 0.717) is 0 Å². The van der Waals surface area contributed by atoms with Gasteiger partial charge in [0.05, 0.1) is 0 Å². The molecule has 0 saturated heterocycles. The Labute approximate surface area is 88.4 Å². The molecule has 0 spiro atoms. The summed E-state index contributed by atoms with van der Waals surface area (Å²) in [5.74, 6) is 3.06. The first-order valence-electron chi connectivity index (χ1n) is 5.12. The van der Waals surface area contributed by atoms with Crippen molar-refractivity contribution >= 4 is 8.07 Å². The van der Waals surface area contributed by atoms with Crippen molar-refractivity contribution in [3.05, 3.63) is 35.9 Å². The Balaban J connectivity index is 2.52. The van der Waals surface area contributed by atoms with Crippen LogP contribution in [0.3, 0.4) is 0 Å². The van der Waals surface area contributed by atoms with Gasteiger partial charge in [-0.15, -0.1) is 11.5 Å². The first kappa shape index (κ1) is 11.1. The van der Waals surface area contributed by atoms with Gasteiger partial charge in [-0.25, -0.2) is 0 Å². The summed E-state index contributed by atoms with van der Waals surface area (Å²) < 4.78 is 0. The fourth-order valence-electron chi connectivity index (χ4n) is 1.50. The predicted octanol–water partition coefficient (Wildman–Crippen LogP) is 3.50. The van der Waals surface area contributed by atoms with E-state index in [1.807, 2.05) is 6.92 Å². The molecule has 0 amide bonds. The normalized spacial score (nSPS) is 10.5. The number of rotatable bonds is 3. The third-order valence-corrected chi connectivity index (χ3v) is 4.77. The minimum Gasteiger partial charge on any atom is -0.132 e. The molecular weight excluding hydrogens is 184 g/mol. The second-order valence-electron chi connectivity index (χ2n) is 4.24. The summed E-state index contributed by atoms with van der Waals surface area (Å²) in [6, 6.07) is 11.9. The topological polar surface area (TPSA) is 0 Å². The van der Waals surface area contributed by atoms with Gasteiger partial charge in [-0.3, -0.25) is 0 Å². The molecule has 0 saturated carbocycles. The maximum absolute atomic E-state index is 3.38. The molecule has 14 heavy (non-hydrogen) atoms. The molecule has 1 heteroatoms. The molecule has 0 aromatic heterocycles. The number of benzene rings is 1. The average molecular weight is 202 g/mol. The molecule has 1 rings (SSSR count). The van der Waals surface area contributed by atoms with Crippen LogP contribution in [0.5, 0.6) is 0 Å². The van der Waals surface area contributed by atoms with Gasteiger partial charge in [0.15, 0.2) is 0 Å². The highest BCUT2D eigenvalue weighted by Crippen LogP contribution is 2.12. The highest BCUT2D eigenvalue weighted by molar-refractivity contribution is 6.85. The Morgan fingerprint density at radius 2 is 1.79 bits per heavy atom. The summed E-state index contributed by atoms with van der Waals surface area (Å²) in [6.07, 6.45) is 1.18. The van der Waals surface area contributed by atoms with Crippen LogP contribution in [0.15, 0.2) is 30.3 Å². The molecule has 0 fully saturated rings. The van der Waals surface area contributed by atoms with Crippen LogP contribution < -0.4 is 0 Å². The number of hydrogen-bond acceptors (Lipinski definition) is 0. The lowest BCUT2D eigenvalue weighted by atomic mass is 10.2. The second kappa shape index (κ2) is 5.02. The van der Waals surface area contributed by atoms with E-state index in [2.05, 4.69) is 54.9 Å². The van der Waals surface area contributed by atoms with Crippen LogP contribution in [0.1, 0.15) is 12.5 Å². The van der Waals surface area contributed by atoms with E-state index in [1.54, 1.807) is 0 Å². The zero-order chi connectivity index (χ0) is 10.4. The molecule has 0 bridgehead atoms. The van der Waals surface area contributed by atoms with E-state index in [0.717, 1.165) is 0 Å². The molecule has 0 atom stereocenters. The zero-order valence-electron chi connectivity index (χ0n) is 9.30. The van der Waals surface area contributed by atoms with Crippen LogP contribution in [0.25, 0.3) is 0 Å². The fraction of sp³-hybridized carbons (Fsp3) is 0.385. The molecule has 1 aromatic carbocycles. The van der Waals surface area contributed by atoms with Crippen LogP contribution in [-0.4, -0.2) is 8.07 Å². The first-order valence-corrected chi connectivity index (χ1v) is 8.32. The minimum absolute atomic E-state index is 1.18. The molecule has 0 N–H and O–H groups in total. The molecule has 0 aliphatic carbocycles. The summed E-state index contributed by atoms with van der Waals surface area (Å²) in [5, 5.41) is 0. The Morgan fingerprint density at radius 3 is 2.36 bits per heavy atom. The summed E-state index contributed by atoms with van der Waals surface area (Å²) >= 11 is 0. The third-order valence-electron chi connectivity index (χ3n) is 2.34. The lowest BCUT2D eigenvalue weighted by molar-refractivity contribution is 1.10. The van der Waals surface area contributed by atoms with Gasteiger partial charge in [0.1, 0.15) is 8.07 Å². The molecule has 0 unspecified atom stereocenters. The van der Waals surface area contributed by atoms with E-state index in [9.17, 15) is 0 Å². The van der Waals surface area contributed by atoms with Gasteiger partial charge in [-0.2, -0.15) is 0 Å². The van der Waals surface area contributed by atoms with Gasteiger partial charge in [-0.05, 0) is 25.0 Å². The Bertz CT molecular complexity index is 327. The average Bonchev–Trinajstić information content (AvgIpc) is 2.17. The summed E-state index contributed by atoms with van der Waals surface area (Å²) in [6.45, 7) is 6.62. The third kappa shape index (κ3) is 3.80. The number of hydrogen-bond donors (Lipinski definition) is 0. The van der Waals surface area contributed by atoms with Crippen LogP contribution in [0.2, 0.25) is 19.1 Å². The van der Waals surface area contributed by atoms with Gasteiger partial charge in [-0.1, -0.05) is 43.4 Å². The zero-order valence-corrected chi connectivity index (χ0v) is 10.3.